The molecule has 0 radical (unpaired) electrons. The van der Waals surface area contributed by atoms with Crippen molar-refractivity contribution >= 4 is 23.7 Å². The van der Waals surface area contributed by atoms with E-state index >= 15 is 0 Å². The minimum Gasteiger partial charge on any atom is -0.452 e. The highest BCUT2D eigenvalue weighted by atomic mass is 19.1. The molecule has 34 heavy (non-hydrogen) atoms. The third-order valence-corrected chi connectivity index (χ3v) is 5.18. The molecule has 0 atom stereocenters. The number of nitrogens with zero attached hydrogens (tertiary/aromatic N) is 2. The molecule has 9 heteroatoms. The van der Waals surface area contributed by atoms with Gasteiger partial charge in [-0.15, -0.1) is 0 Å². The number of piperazine rings is 1. The van der Waals surface area contributed by atoms with Crippen LogP contribution in [-0.4, -0.2) is 61.3 Å². The molecule has 2 aromatic rings. The molecule has 182 valence electrons. The molecule has 0 saturated carbocycles. The molecule has 0 aromatic heterocycles. The number of hydrogen-bond acceptors (Lipinski definition) is 6. The van der Waals surface area contributed by atoms with Gasteiger partial charge in [0.05, 0.1) is 11.3 Å². The van der Waals surface area contributed by atoms with E-state index in [2.05, 4.69) is 5.32 Å². The predicted molar refractivity (Wildman–Crippen MR) is 125 cm³/mol. The normalized spacial score (nSPS) is 13.9. The average Bonchev–Trinajstić information content (AvgIpc) is 2.81. The molecule has 1 saturated heterocycles. The van der Waals surface area contributed by atoms with Crippen molar-refractivity contribution in [1.82, 2.24) is 10.2 Å². The second kappa shape index (κ2) is 11.0. The number of rotatable bonds is 6. The number of anilines is 1. The number of para-hydroxylation sites is 1. The number of esters is 1. The van der Waals surface area contributed by atoms with Crippen LogP contribution in [0.5, 0.6) is 0 Å². The fourth-order valence-corrected chi connectivity index (χ4v) is 3.45. The van der Waals surface area contributed by atoms with Crippen molar-refractivity contribution in [3.05, 3.63) is 65.5 Å². The maximum absolute atomic E-state index is 14.0. The Labute approximate surface area is 198 Å². The molecule has 0 bridgehead atoms. The molecule has 1 aliphatic rings. The first-order valence-corrected chi connectivity index (χ1v) is 11.1. The summed E-state index contributed by atoms with van der Waals surface area (Å²) in [5, 5.41) is 2.65. The van der Waals surface area contributed by atoms with Gasteiger partial charge in [0.1, 0.15) is 11.4 Å². The van der Waals surface area contributed by atoms with Gasteiger partial charge in [-0.1, -0.05) is 24.3 Å². The first-order valence-electron chi connectivity index (χ1n) is 11.1. The molecular formula is C25H30FN3O5. The number of carbonyl (C=O) groups is 3. The quantitative estimate of drug-likeness (QED) is 0.650. The summed E-state index contributed by atoms with van der Waals surface area (Å²) in [5.41, 5.74) is 1.03. The number of alkyl carbamates (subject to hydrolysis) is 1. The lowest BCUT2D eigenvalue weighted by molar-refractivity contribution is -0.134. The molecule has 1 heterocycles. The number of nitrogens with one attached hydrogen (secondary N) is 1. The lowest BCUT2D eigenvalue weighted by Crippen LogP contribution is -2.50. The van der Waals surface area contributed by atoms with E-state index in [0.29, 0.717) is 37.4 Å². The van der Waals surface area contributed by atoms with Crippen molar-refractivity contribution in [3.63, 3.8) is 0 Å². The minimum atomic E-state index is -0.606. The summed E-state index contributed by atoms with van der Waals surface area (Å²) in [5.74, 6) is -1.19. The fraction of sp³-hybridized carbons (Fsp3) is 0.400. The number of ether oxygens (including phenoxy) is 2. The summed E-state index contributed by atoms with van der Waals surface area (Å²) in [6, 6.07) is 13.1. The third kappa shape index (κ3) is 7.19. The minimum absolute atomic E-state index is 0.252. The number of benzene rings is 2. The smallest absolute Gasteiger partial charge is 0.407 e. The zero-order valence-electron chi connectivity index (χ0n) is 19.7. The van der Waals surface area contributed by atoms with E-state index in [-0.39, 0.29) is 24.9 Å². The van der Waals surface area contributed by atoms with Crippen molar-refractivity contribution in [2.45, 2.75) is 32.9 Å². The monoisotopic (exact) mass is 471 g/mol. The lowest BCUT2D eigenvalue weighted by atomic mass is 10.1. The van der Waals surface area contributed by atoms with Crippen molar-refractivity contribution in [1.29, 1.82) is 0 Å². The van der Waals surface area contributed by atoms with Crippen LogP contribution in [-0.2, 0) is 20.8 Å². The first kappa shape index (κ1) is 25.0. The summed E-state index contributed by atoms with van der Waals surface area (Å²) < 4.78 is 24.3. The molecule has 1 fully saturated rings. The Bertz CT molecular complexity index is 1010. The molecule has 0 spiro atoms. The van der Waals surface area contributed by atoms with Gasteiger partial charge in [-0.3, -0.25) is 4.79 Å². The number of amides is 2. The maximum atomic E-state index is 14.0. The van der Waals surface area contributed by atoms with Gasteiger partial charge in [-0.25, -0.2) is 14.0 Å². The zero-order chi connectivity index (χ0) is 24.7. The Morgan fingerprint density at radius 3 is 2.24 bits per heavy atom. The van der Waals surface area contributed by atoms with Gasteiger partial charge in [0, 0.05) is 32.7 Å². The molecule has 2 amide bonds. The van der Waals surface area contributed by atoms with Crippen LogP contribution in [0.3, 0.4) is 0 Å². The van der Waals surface area contributed by atoms with Crippen LogP contribution >= 0.6 is 0 Å². The Morgan fingerprint density at radius 1 is 0.971 bits per heavy atom. The molecule has 2 aromatic carbocycles. The largest absolute Gasteiger partial charge is 0.452 e. The van der Waals surface area contributed by atoms with Crippen molar-refractivity contribution in [2.24, 2.45) is 0 Å². The molecule has 1 N–H and O–H groups in total. The van der Waals surface area contributed by atoms with Crippen LogP contribution in [0, 0.1) is 5.82 Å². The van der Waals surface area contributed by atoms with E-state index in [0.717, 1.165) is 5.56 Å². The standard InChI is InChI=1S/C25H30FN3O5/c1-25(2,3)34-24(32)27-16-18-8-10-19(11-9-18)23(31)33-17-22(30)29-14-12-28(13-15-29)21-7-5-4-6-20(21)26/h4-11H,12-17H2,1-3H3,(H,27,32). The Hall–Kier alpha value is -3.62. The summed E-state index contributed by atoms with van der Waals surface area (Å²) in [7, 11) is 0. The zero-order valence-corrected chi connectivity index (χ0v) is 19.7. The van der Waals surface area contributed by atoms with E-state index in [1.807, 2.05) is 4.90 Å². The van der Waals surface area contributed by atoms with E-state index in [4.69, 9.17) is 9.47 Å². The van der Waals surface area contributed by atoms with Gasteiger partial charge >= 0.3 is 12.1 Å². The van der Waals surface area contributed by atoms with Gasteiger partial charge in [0.2, 0.25) is 0 Å². The Balaban J connectivity index is 1.41. The number of hydrogen-bond donors (Lipinski definition) is 1. The summed E-state index contributed by atoms with van der Waals surface area (Å²) in [4.78, 5) is 40.0. The fourth-order valence-electron chi connectivity index (χ4n) is 3.45. The lowest BCUT2D eigenvalue weighted by Gasteiger charge is -2.36. The van der Waals surface area contributed by atoms with Crippen LogP contribution in [0.15, 0.2) is 48.5 Å². The molecule has 8 nitrogen and oxygen atoms in total. The van der Waals surface area contributed by atoms with E-state index < -0.39 is 17.7 Å². The van der Waals surface area contributed by atoms with Crippen molar-refractivity contribution in [3.8, 4) is 0 Å². The molecular weight excluding hydrogens is 441 g/mol. The third-order valence-electron chi connectivity index (χ3n) is 5.18. The van der Waals surface area contributed by atoms with Crippen LogP contribution in [0.2, 0.25) is 0 Å². The Morgan fingerprint density at radius 2 is 1.62 bits per heavy atom. The second-order valence-electron chi connectivity index (χ2n) is 8.95. The van der Waals surface area contributed by atoms with Crippen LogP contribution in [0.25, 0.3) is 0 Å². The maximum Gasteiger partial charge on any atom is 0.407 e. The Kier molecular flexibility index (Phi) is 8.09. The van der Waals surface area contributed by atoms with Gasteiger partial charge < -0.3 is 24.6 Å². The summed E-state index contributed by atoms with van der Waals surface area (Å²) in [6.45, 7) is 7.07. The van der Waals surface area contributed by atoms with Crippen LogP contribution in [0.1, 0.15) is 36.7 Å². The van der Waals surface area contributed by atoms with Gasteiger partial charge in [-0.05, 0) is 50.6 Å². The van der Waals surface area contributed by atoms with E-state index in [9.17, 15) is 18.8 Å². The average molecular weight is 472 g/mol. The molecule has 1 aliphatic heterocycles. The second-order valence-corrected chi connectivity index (χ2v) is 8.95. The highest BCUT2D eigenvalue weighted by Gasteiger charge is 2.23. The summed E-state index contributed by atoms with van der Waals surface area (Å²) >= 11 is 0. The highest BCUT2D eigenvalue weighted by Crippen LogP contribution is 2.20. The van der Waals surface area contributed by atoms with Crippen molar-refractivity contribution in [2.75, 3.05) is 37.7 Å². The predicted octanol–water partition coefficient (Wildman–Crippen LogP) is 3.36. The van der Waals surface area contributed by atoms with Gasteiger partial charge in [0.15, 0.2) is 6.61 Å². The molecule has 3 rings (SSSR count). The van der Waals surface area contributed by atoms with Gasteiger partial charge in [-0.2, -0.15) is 0 Å². The van der Waals surface area contributed by atoms with Crippen LogP contribution in [0.4, 0.5) is 14.9 Å². The van der Waals surface area contributed by atoms with E-state index in [1.54, 1.807) is 68.1 Å². The van der Waals surface area contributed by atoms with Gasteiger partial charge in [0.25, 0.3) is 5.91 Å². The summed E-state index contributed by atoms with van der Waals surface area (Å²) in [6.07, 6.45) is -0.524. The molecule has 0 aliphatic carbocycles. The highest BCUT2D eigenvalue weighted by molar-refractivity contribution is 5.91. The SMILES string of the molecule is CC(C)(C)OC(=O)NCc1ccc(C(=O)OCC(=O)N2CCN(c3ccccc3F)CC2)cc1. The van der Waals surface area contributed by atoms with Crippen molar-refractivity contribution < 1.29 is 28.2 Å². The first-order chi connectivity index (χ1) is 16.1. The van der Waals surface area contributed by atoms with Crippen LogP contribution < -0.4 is 10.2 Å². The number of halogens is 1. The topological polar surface area (TPSA) is 88.2 Å². The molecule has 0 unspecified atom stereocenters. The number of carbonyl (C=O) groups excluding carboxylic acids is 3. The van der Waals surface area contributed by atoms with E-state index in [1.165, 1.54) is 6.07 Å².